The molecule has 4 nitrogen and oxygen atoms in total. The van der Waals surface area contributed by atoms with Gasteiger partial charge in [-0.1, -0.05) is 50.2 Å². The molecule has 0 bridgehead atoms. The lowest BCUT2D eigenvalue weighted by Crippen LogP contribution is -2.23. The Bertz CT molecular complexity index is 716. The molecule has 0 saturated heterocycles. The van der Waals surface area contributed by atoms with Gasteiger partial charge >= 0.3 is 0 Å². The van der Waals surface area contributed by atoms with Gasteiger partial charge in [-0.15, -0.1) is 0 Å². The summed E-state index contributed by atoms with van der Waals surface area (Å²) in [6.45, 7) is 7.99. The second-order valence-corrected chi connectivity index (χ2v) is 6.20. The maximum Gasteiger partial charge on any atom is 0.233 e. The number of aryl methyl sites for hydroxylation is 4. The van der Waals surface area contributed by atoms with Crippen LogP contribution in [0.2, 0.25) is 0 Å². The molecule has 0 unspecified atom stereocenters. The van der Waals surface area contributed by atoms with Gasteiger partial charge in [0.2, 0.25) is 11.8 Å². The van der Waals surface area contributed by atoms with Crippen molar-refractivity contribution in [1.29, 1.82) is 0 Å². The zero-order chi connectivity index (χ0) is 18.4. The highest BCUT2D eigenvalue weighted by Crippen LogP contribution is 2.23. The molecule has 2 N–H and O–H groups in total. The van der Waals surface area contributed by atoms with Gasteiger partial charge in [-0.3, -0.25) is 9.59 Å². The SMILES string of the molecule is CCc1cccc(C)c1NC(=O)CC(=O)Nc1c(C)cccc1CC. The van der Waals surface area contributed by atoms with E-state index >= 15 is 0 Å². The van der Waals surface area contributed by atoms with Crippen molar-refractivity contribution in [2.75, 3.05) is 10.6 Å². The van der Waals surface area contributed by atoms with Crippen molar-refractivity contribution in [3.63, 3.8) is 0 Å². The Balaban J connectivity index is 2.06. The summed E-state index contributed by atoms with van der Waals surface area (Å²) in [6.07, 6.45) is 1.45. The molecule has 0 aliphatic rings. The number of anilines is 2. The highest BCUT2D eigenvalue weighted by molar-refractivity contribution is 6.08. The second-order valence-electron chi connectivity index (χ2n) is 6.20. The van der Waals surface area contributed by atoms with Gasteiger partial charge in [0.15, 0.2) is 0 Å². The summed E-state index contributed by atoms with van der Waals surface area (Å²) in [4.78, 5) is 24.6. The molecule has 4 heteroatoms. The molecule has 2 rings (SSSR count). The molecular weight excluding hydrogens is 312 g/mol. The lowest BCUT2D eigenvalue weighted by atomic mass is 10.1. The first-order valence-corrected chi connectivity index (χ1v) is 8.72. The van der Waals surface area contributed by atoms with E-state index in [1.165, 1.54) is 0 Å². The van der Waals surface area contributed by atoms with Crippen molar-refractivity contribution in [2.45, 2.75) is 47.0 Å². The fourth-order valence-corrected chi connectivity index (χ4v) is 2.92. The van der Waals surface area contributed by atoms with Crippen LogP contribution in [0.1, 0.15) is 42.5 Å². The van der Waals surface area contributed by atoms with Gasteiger partial charge in [-0.05, 0) is 48.9 Å². The van der Waals surface area contributed by atoms with E-state index < -0.39 is 0 Å². The highest BCUT2D eigenvalue weighted by Gasteiger charge is 2.14. The number of para-hydroxylation sites is 2. The lowest BCUT2D eigenvalue weighted by Gasteiger charge is -2.14. The molecular formula is C21H26N2O2. The van der Waals surface area contributed by atoms with Crippen LogP contribution in [0.5, 0.6) is 0 Å². The molecule has 0 spiro atoms. The van der Waals surface area contributed by atoms with Gasteiger partial charge in [0.1, 0.15) is 6.42 Å². The van der Waals surface area contributed by atoms with Crippen LogP contribution in [0.15, 0.2) is 36.4 Å². The average Bonchev–Trinajstić information content (AvgIpc) is 2.58. The summed E-state index contributed by atoms with van der Waals surface area (Å²) in [5, 5.41) is 5.78. The van der Waals surface area contributed by atoms with E-state index in [2.05, 4.69) is 10.6 Å². The van der Waals surface area contributed by atoms with Crippen LogP contribution < -0.4 is 10.6 Å². The molecule has 0 atom stereocenters. The minimum atomic E-state index is -0.298. The Morgan fingerprint density at radius 3 is 1.52 bits per heavy atom. The molecule has 0 aliphatic carbocycles. The zero-order valence-electron chi connectivity index (χ0n) is 15.4. The summed E-state index contributed by atoms with van der Waals surface area (Å²) in [7, 11) is 0. The molecule has 132 valence electrons. The monoisotopic (exact) mass is 338 g/mol. The molecule has 0 aromatic heterocycles. The van der Waals surface area contributed by atoms with Crippen LogP contribution in [-0.4, -0.2) is 11.8 Å². The van der Waals surface area contributed by atoms with Crippen LogP contribution in [0, 0.1) is 13.8 Å². The van der Waals surface area contributed by atoms with Crippen LogP contribution in [0.3, 0.4) is 0 Å². The minimum Gasteiger partial charge on any atom is -0.325 e. The van der Waals surface area contributed by atoms with E-state index in [0.717, 1.165) is 46.5 Å². The van der Waals surface area contributed by atoms with Gasteiger partial charge in [0.25, 0.3) is 0 Å². The standard InChI is InChI=1S/C21H26N2O2/c1-5-16-11-7-9-14(3)20(16)22-18(24)13-19(25)23-21-15(4)10-8-12-17(21)6-2/h7-12H,5-6,13H2,1-4H3,(H,22,24)(H,23,25). The molecule has 2 aromatic rings. The number of benzene rings is 2. The van der Waals surface area contributed by atoms with E-state index in [1.54, 1.807) is 0 Å². The quantitative estimate of drug-likeness (QED) is 0.767. The highest BCUT2D eigenvalue weighted by atomic mass is 16.2. The zero-order valence-corrected chi connectivity index (χ0v) is 15.4. The van der Waals surface area contributed by atoms with E-state index in [4.69, 9.17) is 0 Å². The number of amides is 2. The molecule has 2 aromatic carbocycles. The molecule has 2 amide bonds. The van der Waals surface area contributed by atoms with E-state index in [1.807, 2.05) is 64.1 Å². The van der Waals surface area contributed by atoms with Crippen molar-refractivity contribution in [3.05, 3.63) is 58.7 Å². The van der Waals surface area contributed by atoms with Crippen LogP contribution in [-0.2, 0) is 22.4 Å². The Kier molecular flexibility index (Phi) is 6.34. The van der Waals surface area contributed by atoms with Gasteiger partial charge in [0.05, 0.1) is 0 Å². The fourth-order valence-electron chi connectivity index (χ4n) is 2.92. The summed E-state index contributed by atoms with van der Waals surface area (Å²) < 4.78 is 0. The van der Waals surface area contributed by atoms with E-state index in [9.17, 15) is 9.59 Å². The first kappa shape index (κ1) is 18.7. The van der Waals surface area contributed by atoms with Gasteiger partial charge in [0, 0.05) is 11.4 Å². The number of hydrogen-bond acceptors (Lipinski definition) is 2. The Hall–Kier alpha value is -2.62. The lowest BCUT2D eigenvalue weighted by molar-refractivity contribution is -0.123. The topological polar surface area (TPSA) is 58.2 Å². The molecule has 25 heavy (non-hydrogen) atoms. The Morgan fingerprint density at radius 1 is 0.760 bits per heavy atom. The van der Waals surface area contributed by atoms with Gasteiger partial charge in [-0.25, -0.2) is 0 Å². The van der Waals surface area contributed by atoms with Crippen molar-refractivity contribution in [2.24, 2.45) is 0 Å². The Labute approximate surface area is 149 Å². The summed E-state index contributed by atoms with van der Waals surface area (Å²) >= 11 is 0. The Morgan fingerprint density at radius 2 is 1.16 bits per heavy atom. The number of hydrogen-bond donors (Lipinski definition) is 2. The molecule has 0 saturated carbocycles. The van der Waals surface area contributed by atoms with Crippen molar-refractivity contribution in [3.8, 4) is 0 Å². The predicted molar refractivity (Wildman–Crippen MR) is 103 cm³/mol. The minimum absolute atomic E-state index is 0.199. The average molecular weight is 338 g/mol. The third-order valence-corrected chi connectivity index (χ3v) is 4.33. The third-order valence-electron chi connectivity index (χ3n) is 4.33. The first-order chi connectivity index (χ1) is 12.0. The third kappa shape index (κ3) is 4.69. The maximum atomic E-state index is 12.3. The van der Waals surface area contributed by atoms with Gasteiger partial charge in [-0.2, -0.15) is 0 Å². The maximum absolute atomic E-state index is 12.3. The van der Waals surface area contributed by atoms with Gasteiger partial charge < -0.3 is 10.6 Å². The molecule has 0 heterocycles. The van der Waals surface area contributed by atoms with Crippen LogP contribution in [0.4, 0.5) is 11.4 Å². The molecule has 0 radical (unpaired) electrons. The van der Waals surface area contributed by atoms with Crippen LogP contribution >= 0.6 is 0 Å². The fraction of sp³-hybridized carbons (Fsp3) is 0.333. The number of carbonyl (C=O) groups is 2. The summed E-state index contributed by atoms with van der Waals surface area (Å²) in [6, 6.07) is 11.8. The number of carbonyl (C=O) groups excluding carboxylic acids is 2. The number of rotatable bonds is 6. The predicted octanol–water partition coefficient (Wildman–Crippen LogP) is 4.40. The largest absolute Gasteiger partial charge is 0.325 e. The van der Waals surface area contributed by atoms with Crippen molar-refractivity contribution in [1.82, 2.24) is 0 Å². The normalized spacial score (nSPS) is 10.4. The molecule has 0 fully saturated rings. The first-order valence-electron chi connectivity index (χ1n) is 8.72. The van der Waals surface area contributed by atoms with Crippen LogP contribution in [0.25, 0.3) is 0 Å². The van der Waals surface area contributed by atoms with E-state index in [-0.39, 0.29) is 18.2 Å². The second kappa shape index (κ2) is 8.47. The molecule has 0 aliphatic heterocycles. The van der Waals surface area contributed by atoms with E-state index in [0.29, 0.717) is 0 Å². The summed E-state index contributed by atoms with van der Waals surface area (Å²) in [5.41, 5.74) is 5.77. The van der Waals surface area contributed by atoms with Crippen molar-refractivity contribution >= 4 is 23.2 Å². The number of nitrogens with one attached hydrogen (secondary N) is 2. The smallest absolute Gasteiger partial charge is 0.233 e. The van der Waals surface area contributed by atoms with Crippen molar-refractivity contribution < 1.29 is 9.59 Å². The summed E-state index contributed by atoms with van der Waals surface area (Å²) in [5.74, 6) is -0.596.